The number of pyridine rings is 1. The van der Waals surface area contributed by atoms with Crippen molar-refractivity contribution in [2.24, 2.45) is 5.92 Å². The number of hydrogen-bond acceptors (Lipinski definition) is 5. The quantitative estimate of drug-likeness (QED) is 0.523. The van der Waals surface area contributed by atoms with Crippen molar-refractivity contribution in [3.05, 3.63) is 59.4 Å². The number of ether oxygens (including phenoxy) is 1. The Hall–Kier alpha value is -2.65. The molecule has 3 aliphatic rings. The summed E-state index contributed by atoms with van der Waals surface area (Å²) < 4.78 is 47.9. The molecule has 1 aliphatic heterocycles. The van der Waals surface area contributed by atoms with E-state index in [9.17, 15) is 18.0 Å². The van der Waals surface area contributed by atoms with Crippen LogP contribution >= 0.6 is 0 Å². The molecule has 6 nitrogen and oxygen atoms in total. The smallest absolute Gasteiger partial charge is 0.383 e. The highest BCUT2D eigenvalue weighted by Gasteiger charge is 2.57. The lowest BCUT2D eigenvalue weighted by atomic mass is 9.61. The number of hydrogen-bond donors (Lipinski definition) is 1. The van der Waals surface area contributed by atoms with Gasteiger partial charge in [0.2, 0.25) is 5.91 Å². The second kappa shape index (κ2) is 9.83. The summed E-state index contributed by atoms with van der Waals surface area (Å²) in [5.41, 5.74) is 2.87. The molecule has 2 heterocycles. The molecule has 2 aliphatic carbocycles. The molecule has 1 aromatic heterocycles. The lowest BCUT2D eigenvalue weighted by Crippen LogP contribution is -2.68. The maximum Gasteiger partial charge on any atom is 0.414 e. The van der Waals surface area contributed by atoms with E-state index in [1.807, 2.05) is 12.1 Å². The summed E-state index contributed by atoms with van der Waals surface area (Å²) >= 11 is 0. The maximum atomic E-state index is 14.2. The molecule has 206 valence electrons. The molecule has 1 N–H and O–H groups in total. The van der Waals surface area contributed by atoms with Crippen molar-refractivity contribution in [2.45, 2.75) is 68.7 Å². The average Bonchev–Trinajstić information content (AvgIpc) is 3.07. The first kappa shape index (κ1) is 26.9. The van der Waals surface area contributed by atoms with E-state index in [0.29, 0.717) is 25.1 Å². The summed E-state index contributed by atoms with van der Waals surface area (Å²) in [6.07, 6.45) is -0.179. The number of carbonyl (C=O) groups is 1. The first-order valence-electron chi connectivity index (χ1n) is 13.3. The zero-order valence-electron chi connectivity index (χ0n) is 22.5. The first-order chi connectivity index (χ1) is 18.0. The molecular formula is C29H37F3N4O2. The van der Waals surface area contributed by atoms with Crippen molar-refractivity contribution in [1.29, 1.82) is 0 Å². The topological polar surface area (TPSA) is 57.7 Å². The minimum absolute atomic E-state index is 0.0489. The Morgan fingerprint density at radius 3 is 2.55 bits per heavy atom. The fourth-order valence-electron chi connectivity index (χ4n) is 6.71. The van der Waals surface area contributed by atoms with Crippen LogP contribution in [-0.4, -0.2) is 72.3 Å². The molecule has 2 aromatic rings. The summed E-state index contributed by atoms with van der Waals surface area (Å²) in [7, 11) is 2.90. The van der Waals surface area contributed by atoms with E-state index >= 15 is 0 Å². The van der Waals surface area contributed by atoms with Gasteiger partial charge in [0.15, 0.2) is 6.04 Å². The van der Waals surface area contributed by atoms with E-state index in [2.05, 4.69) is 41.2 Å². The molecule has 2 atom stereocenters. The summed E-state index contributed by atoms with van der Waals surface area (Å²) in [4.78, 5) is 20.5. The molecular weight excluding hydrogens is 493 g/mol. The fraction of sp³-hybridized carbons (Fsp3) is 0.586. The number of carbonyl (C=O) groups excluding carboxylic acids is 1. The SMILES string of the molecule is COCCN1CCC12CC(C(=O)N(C)C(c1ccc(NC3Cc4ccccc4C3(C)C)cn1)C(F)(F)F)C2. The van der Waals surface area contributed by atoms with Gasteiger partial charge in [-0.15, -0.1) is 0 Å². The largest absolute Gasteiger partial charge is 0.414 e. The van der Waals surface area contributed by atoms with Gasteiger partial charge in [0.05, 0.1) is 24.2 Å². The predicted octanol–water partition coefficient (Wildman–Crippen LogP) is 4.96. The first-order valence-corrected chi connectivity index (χ1v) is 13.3. The van der Waals surface area contributed by atoms with Crippen LogP contribution in [0.15, 0.2) is 42.6 Å². The summed E-state index contributed by atoms with van der Waals surface area (Å²) in [5.74, 6) is -0.867. The van der Waals surface area contributed by atoms with Crippen LogP contribution in [0.5, 0.6) is 0 Å². The van der Waals surface area contributed by atoms with Gasteiger partial charge >= 0.3 is 6.18 Å². The highest BCUT2D eigenvalue weighted by Crippen LogP contribution is 2.52. The number of aromatic nitrogens is 1. The number of anilines is 1. The highest BCUT2D eigenvalue weighted by molar-refractivity contribution is 5.80. The van der Waals surface area contributed by atoms with Crippen molar-refractivity contribution in [2.75, 3.05) is 39.2 Å². The van der Waals surface area contributed by atoms with Crippen LogP contribution in [0.1, 0.15) is 56.0 Å². The van der Waals surface area contributed by atoms with Crippen molar-refractivity contribution in [3.8, 4) is 0 Å². The molecule has 38 heavy (non-hydrogen) atoms. The highest BCUT2D eigenvalue weighted by atomic mass is 19.4. The van der Waals surface area contributed by atoms with Crippen molar-refractivity contribution in [3.63, 3.8) is 0 Å². The van der Waals surface area contributed by atoms with Gasteiger partial charge in [-0.3, -0.25) is 14.7 Å². The standard InChI is InChI=1S/C29H37F3N4O2/c1-27(2)22-8-6-5-7-19(22)15-24(27)34-21-9-10-23(33-18-21)25(29(30,31)32)35(3)26(37)20-16-28(17-20)11-12-36(28)13-14-38-4/h5-10,18,20,24-25,34H,11-17H2,1-4H3. The molecule has 1 spiro atoms. The number of rotatable bonds is 8. The lowest BCUT2D eigenvalue weighted by molar-refractivity contribution is -0.197. The predicted molar refractivity (Wildman–Crippen MR) is 140 cm³/mol. The van der Waals surface area contributed by atoms with Crippen LogP contribution in [-0.2, 0) is 21.4 Å². The fourth-order valence-corrected chi connectivity index (χ4v) is 6.71. The van der Waals surface area contributed by atoms with Gasteiger partial charge in [-0.1, -0.05) is 38.1 Å². The number of halogens is 3. The molecule has 1 amide bonds. The van der Waals surface area contributed by atoms with E-state index in [0.717, 1.165) is 30.8 Å². The molecule has 0 bridgehead atoms. The van der Waals surface area contributed by atoms with Gasteiger partial charge in [-0.05, 0) is 48.9 Å². The van der Waals surface area contributed by atoms with E-state index in [1.165, 1.54) is 30.4 Å². The molecule has 2 unspecified atom stereocenters. The van der Waals surface area contributed by atoms with Crippen LogP contribution in [0.4, 0.5) is 18.9 Å². The number of amides is 1. The third-order valence-corrected chi connectivity index (χ3v) is 9.14. The van der Waals surface area contributed by atoms with Crippen molar-refractivity contribution >= 4 is 11.6 Å². The molecule has 9 heteroatoms. The summed E-state index contributed by atoms with van der Waals surface area (Å²) in [6, 6.07) is 9.34. The summed E-state index contributed by atoms with van der Waals surface area (Å²) in [6.45, 7) is 6.68. The maximum absolute atomic E-state index is 14.2. The second-order valence-electron chi connectivity index (χ2n) is 11.7. The van der Waals surface area contributed by atoms with Gasteiger partial charge in [0.25, 0.3) is 0 Å². The second-order valence-corrected chi connectivity index (χ2v) is 11.7. The van der Waals surface area contributed by atoms with Crippen LogP contribution in [0.2, 0.25) is 0 Å². The third-order valence-electron chi connectivity index (χ3n) is 9.14. The number of benzene rings is 1. The number of likely N-dealkylation sites (tertiary alicyclic amines) is 1. The molecule has 2 fully saturated rings. The van der Waals surface area contributed by atoms with Crippen LogP contribution < -0.4 is 5.32 Å². The summed E-state index contributed by atoms with van der Waals surface area (Å²) in [5, 5.41) is 3.47. The van der Waals surface area contributed by atoms with Crippen LogP contribution in [0.3, 0.4) is 0 Å². The number of fused-ring (bicyclic) bond motifs is 1. The van der Waals surface area contributed by atoms with Gasteiger partial charge in [-0.25, -0.2) is 0 Å². The molecule has 1 aromatic carbocycles. The molecule has 5 rings (SSSR count). The van der Waals surface area contributed by atoms with Gasteiger partial charge < -0.3 is 15.0 Å². The zero-order chi connectivity index (χ0) is 27.3. The number of methoxy groups -OCH3 is 1. The third kappa shape index (κ3) is 4.68. The van der Waals surface area contributed by atoms with E-state index in [-0.39, 0.29) is 22.7 Å². The van der Waals surface area contributed by atoms with Crippen molar-refractivity contribution in [1.82, 2.24) is 14.8 Å². The van der Waals surface area contributed by atoms with Gasteiger partial charge in [0, 0.05) is 50.2 Å². The minimum Gasteiger partial charge on any atom is -0.383 e. The Balaban J connectivity index is 1.25. The Bertz CT molecular complexity index is 1160. The molecule has 1 saturated carbocycles. The van der Waals surface area contributed by atoms with Crippen LogP contribution in [0.25, 0.3) is 0 Å². The van der Waals surface area contributed by atoms with E-state index in [1.54, 1.807) is 13.2 Å². The van der Waals surface area contributed by atoms with E-state index in [4.69, 9.17) is 4.74 Å². The number of alkyl halides is 3. The zero-order valence-corrected chi connectivity index (χ0v) is 22.5. The number of nitrogens with one attached hydrogen (secondary N) is 1. The van der Waals surface area contributed by atoms with Gasteiger partial charge in [0.1, 0.15) is 0 Å². The van der Waals surface area contributed by atoms with Gasteiger partial charge in [-0.2, -0.15) is 13.2 Å². The minimum atomic E-state index is -4.64. The van der Waals surface area contributed by atoms with Crippen LogP contribution in [0, 0.1) is 5.92 Å². The Kier molecular flexibility index (Phi) is 6.97. The Morgan fingerprint density at radius 2 is 1.97 bits per heavy atom. The molecule has 1 saturated heterocycles. The normalized spacial score (nSPS) is 26.8. The average molecular weight is 531 g/mol. The van der Waals surface area contributed by atoms with E-state index < -0.39 is 24.0 Å². The molecule has 0 radical (unpaired) electrons. The Morgan fingerprint density at radius 1 is 1.24 bits per heavy atom. The Labute approximate surface area is 222 Å². The number of nitrogens with zero attached hydrogens (tertiary/aromatic N) is 3. The monoisotopic (exact) mass is 530 g/mol. The van der Waals surface area contributed by atoms with Crippen molar-refractivity contribution < 1.29 is 22.7 Å². The lowest BCUT2D eigenvalue weighted by Gasteiger charge is -2.61.